The molecule has 21 heavy (non-hydrogen) atoms. The summed E-state index contributed by atoms with van der Waals surface area (Å²) < 4.78 is 0. The number of carboxylic acids is 1. The molecule has 1 aromatic rings. The van der Waals surface area contributed by atoms with Crippen molar-refractivity contribution in [2.75, 3.05) is 6.54 Å². The first-order valence-electron chi connectivity index (χ1n) is 5.56. The zero-order chi connectivity index (χ0) is 16.2. The number of aliphatic hydroxyl groups is 1. The van der Waals surface area contributed by atoms with Gasteiger partial charge in [-0.25, -0.2) is 4.79 Å². The number of hydrogen-bond acceptors (Lipinski definition) is 5. The molecule has 10 heteroatoms. The highest BCUT2D eigenvalue weighted by Crippen LogP contribution is 2.30. The van der Waals surface area contributed by atoms with E-state index in [2.05, 4.69) is 5.32 Å². The van der Waals surface area contributed by atoms with E-state index in [1.54, 1.807) is 0 Å². The summed E-state index contributed by atoms with van der Waals surface area (Å²) in [5.41, 5.74) is -0.610. The summed E-state index contributed by atoms with van der Waals surface area (Å²) in [5, 5.41) is 30.2. The zero-order valence-electron chi connectivity index (χ0n) is 10.4. The molecule has 0 bridgehead atoms. The van der Waals surface area contributed by atoms with Gasteiger partial charge in [0, 0.05) is 25.1 Å². The molecular weight excluding hydrogens is 327 g/mol. The van der Waals surface area contributed by atoms with E-state index < -0.39 is 28.6 Å². The molecule has 0 aliphatic heterocycles. The van der Waals surface area contributed by atoms with Crippen molar-refractivity contribution in [3.8, 4) is 0 Å². The van der Waals surface area contributed by atoms with E-state index >= 15 is 0 Å². The van der Waals surface area contributed by atoms with Crippen molar-refractivity contribution in [2.24, 2.45) is 0 Å². The number of halogens is 2. The lowest BCUT2D eigenvalue weighted by atomic mass is 10.1. The topological polar surface area (TPSA) is 130 Å². The number of benzene rings is 1. The largest absolute Gasteiger partial charge is 0.479 e. The summed E-state index contributed by atoms with van der Waals surface area (Å²) in [4.78, 5) is 32.2. The molecule has 3 N–H and O–H groups in total. The second-order valence-corrected chi connectivity index (χ2v) is 4.73. The third-order valence-electron chi connectivity index (χ3n) is 2.46. The van der Waals surface area contributed by atoms with E-state index in [0.29, 0.717) is 0 Å². The molecule has 0 saturated heterocycles. The number of nitro groups is 1. The first-order valence-corrected chi connectivity index (χ1v) is 6.32. The fourth-order valence-electron chi connectivity index (χ4n) is 1.39. The molecule has 0 saturated carbocycles. The Balaban J connectivity index is 2.83. The van der Waals surface area contributed by atoms with Crippen LogP contribution in [-0.2, 0) is 4.79 Å². The minimum absolute atomic E-state index is 0.150. The van der Waals surface area contributed by atoms with Crippen LogP contribution < -0.4 is 5.32 Å². The van der Waals surface area contributed by atoms with E-state index in [1.165, 1.54) is 0 Å². The van der Waals surface area contributed by atoms with E-state index in [-0.39, 0.29) is 28.6 Å². The minimum Gasteiger partial charge on any atom is -0.479 e. The summed E-state index contributed by atoms with van der Waals surface area (Å²) in [6.07, 6.45) is -1.84. The first kappa shape index (κ1) is 17.2. The van der Waals surface area contributed by atoms with Gasteiger partial charge in [0.05, 0.1) is 20.5 Å². The van der Waals surface area contributed by atoms with Crippen LogP contribution >= 0.6 is 23.2 Å². The molecule has 1 aromatic carbocycles. The number of hydrogen-bond donors (Lipinski definition) is 3. The predicted molar refractivity (Wildman–Crippen MR) is 73.7 cm³/mol. The number of rotatable bonds is 6. The molecule has 0 spiro atoms. The van der Waals surface area contributed by atoms with Crippen LogP contribution in [0.1, 0.15) is 16.8 Å². The second kappa shape index (κ2) is 7.21. The Morgan fingerprint density at radius 3 is 2.52 bits per heavy atom. The molecule has 0 aliphatic rings. The summed E-state index contributed by atoms with van der Waals surface area (Å²) in [5.74, 6) is -2.18. The predicted octanol–water partition coefficient (Wildman–Crippen LogP) is 1.47. The molecule has 1 atom stereocenters. The van der Waals surface area contributed by atoms with Gasteiger partial charge in [0.25, 0.3) is 11.6 Å². The molecular formula is C11H10Cl2N2O6. The van der Waals surface area contributed by atoms with Gasteiger partial charge >= 0.3 is 5.97 Å². The Labute approximate surface area is 128 Å². The second-order valence-electron chi connectivity index (χ2n) is 3.94. The number of carbonyl (C=O) groups excluding carboxylic acids is 1. The van der Waals surface area contributed by atoms with Gasteiger partial charge in [0.2, 0.25) is 0 Å². The summed E-state index contributed by atoms with van der Waals surface area (Å²) in [7, 11) is 0. The van der Waals surface area contributed by atoms with Crippen LogP contribution in [0.3, 0.4) is 0 Å². The summed E-state index contributed by atoms with van der Waals surface area (Å²) in [6, 6.07) is 1.96. The lowest BCUT2D eigenvalue weighted by molar-refractivity contribution is -0.384. The smallest absolute Gasteiger partial charge is 0.332 e. The van der Waals surface area contributed by atoms with E-state index in [9.17, 15) is 19.7 Å². The van der Waals surface area contributed by atoms with Crippen LogP contribution in [0.25, 0.3) is 0 Å². The van der Waals surface area contributed by atoms with E-state index in [0.717, 1.165) is 12.1 Å². The van der Waals surface area contributed by atoms with Gasteiger partial charge in [-0.3, -0.25) is 14.9 Å². The Morgan fingerprint density at radius 1 is 1.38 bits per heavy atom. The van der Waals surface area contributed by atoms with Crippen LogP contribution in [0, 0.1) is 10.1 Å². The van der Waals surface area contributed by atoms with Gasteiger partial charge in [0.1, 0.15) is 0 Å². The van der Waals surface area contributed by atoms with Crippen LogP contribution in [-0.4, -0.2) is 39.7 Å². The molecule has 1 rings (SSSR count). The van der Waals surface area contributed by atoms with Gasteiger partial charge < -0.3 is 15.5 Å². The lowest BCUT2D eigenvalue weighted by Gasteiger charge is -2.09. The highest BCUT2D eigenvalue weighted by Gasteiger charge is 2.20. The third-order valence-corrected chi connectivity index (χ3v) is 3.26. The van der Waals surface area contributed by atoms with Crippen LogP contribution in [0.2, 0.25) is 10.0 Å². The fraction of sp³-hybridized carbons (Fsp3) is 0.273. The number of nitrogens with zero attached hydrogens (tertiary/aromatic N) is 1. The maximum Gasteiger partial charge on any atom is 0.332 e. The van der Waals surface area contributed by atoms with Crippen molar-refractivity contribution in [2.45, 2.75) is 12.5 Å². The molecule has 0 fully saturated rings. The number of nitro benzene ring substituents is 1. The van der Waals surface area contributed by atoms with Gasteiger partial charge in [-0.05, 0) is 0 Å². The monoisotopic (exact) mass is 336 g/mol. The van der Waals surface area contributed by atoms with Crippen molar-refractivity contribution >= 4 is 40.8 Å². The maximum atomic E-state index is 11.8. The normalized spacial score (nSPS) is 11.8. The SMILES string of the molecule is O=C(NCCC(O)C(=O)O)c1cc([N+](=O)[O-])cc(Cl)c1Cl. The molecule has 0 aromatic heterocycles. The van der Waals surface area contributed by atoms with E-state index in [1.807, 2.05) is 0 Å². The van der Waals surface area contributed by atoms with Gasteiger partial charge in [-0.1, -0.05) is 23.2 Å². The number of aliphatic carboxylic acids is 1. The number of amides is 1. The maximum absolute atomic E-state index is 11.8. The molecule has 0 aliphatic carbocycles. The van der Waals surface area contributed by atoms with Crippen LogP contribution in [0.15, 0.2) is 12.1 Å². The Kier molecular flexibility index (Phi) is 5.89. The molecule has 1 amide bonds. The lowest BCUT2D eigenvalue weighted by Crippen LogP contribution is -2.30. The number of carbonyl (C=O) groups is 2. The van der Waals surface area contributed by atoms with Crippen molar-refractivity contribution in [1.29, 1.82) is 0 Å². The third kappa shape index (κ3) is 4.55. The molecule has 1 unspecified atom stereocenters. The zero-order valence-corrected chi connectivity index (χ0v) is 11.9. The first-order chi connectivity index (χ1) is 9.73. The number of nitrogens with one attached hydrogen (secondary N) is 1. The fourth-order valence-corrected chi connectivity index (χ4v) is 1.80. The van der Waals surface area contributed by atoms with Crippen molar-refractivity contribution in [3.63, 3.8) is 0 Å². The highest BCUT2D eigenvalue weighted by atomic mass is 35.5. The Hall–Kier alpha value is -1.90. The van der Waals surface area contributed by atoms with E-state index in [4.69, 9.17) is 33.4 Å². The highest BCUT2D eigenvalue weighted by molar-refractivity contribution is 6.44. The summed E-state index contributed by atoms with van der Waals surface area (Å²) >= 11 is 11.5. The molecule has 0 radical (unpaired) electrons. The van der Waals surface area contributed by atoms with Crippen LogP contribution in [0.4, 0.5) is 5.69 Å². The molecule has 8 nitrogen and oxygen atoms in total. The Morgan fingerprint density at radius 2 is 2.00 bits per heavy atom. The van der Waals surface area contributed by atoms with Crippen molar-refractivity contribution in [1.82, 2.24) is 5.32 Å². The number of carboxylic acid groups (broad SMARTS) is 1. The average molecular weight is 337 g/mol. The number of non-ortho nitro benzene ring substituents is 1. The standard InChI is InChI=1S/C11H10Cl2N2O6/c12-7-4-5(15(20)21)3-6(9(7)13)10(17)14-2-1-8(16)11(18)19/h3-4,8,16H,1-2H2,(H,14,17)(H,18,19). The van der Waals surface area contributed by atoms with Gasteiger partial charge in [-0.15, -0.1) is 0 Å². The van der Waals surface area contributed by atoms with Crippen molar-refractivity contribution in [3.05, 3.63) is 37.9 Å². The Bertz CT molecular complexity index is 592. The average Bonchev–Trinajstić information content (AvgIpc) is 2.40. The molecule has 0 heterocycles. The number of aliphatic hydroxyl groups excluding tert-OH is 1. The minimum atomic E-state index is -1.62. The molecule has 114 valence electrons. The van der Waals surface area contributed by atoms with Gasteiger partial charge in [-0.2, -0.15) is 0 Å². The van der Waals surface area contributed by atoms with Gasteiger partial charge in [0.15, 0.2) is 6.10 Å². The summed E-state index contributed by atoms with van der Waals surface area (Å²) in [6.45, 7) is -0.150. The quantitative estimate of drug-likeness (QED) is 0.532. The van der Waals surface area contributed by atoms with Crippen LogP contribution in [0.5, 0.6) is 0 Å². The van der Waals surface area contributed by atoms with Crippen molar-refractivity contribution < 1.29 is 24.7 Å².